The first-order valence-electron chi connectivity index (χ1n) is 5.99. The van der Waals surface area contributed by atoms with Crippen LogP contribution in [0.1, 0.15) is 28.4 Å². The van der Waals surface area contributed by atoms with Gasteiger partial charge in [-0.2, -0.15) is 0 Å². The number of amides is 2. The lowest BCUT2D eigenvalue weighted by molar-refractivity contribution is -0.120. The van der Waals surface area contributed by atoms with Gasteiger partial charge in [-0.15, -0.1) is 0 Å². The first-order chi connectivity index (χ1) is 9.16. The Bertz CT molecular complexity index is 683. The molecule has 6 heteroatoms. The number of aromatic nitrogens is 2. The normalized spacial score (nSPS) is 18.5. The molecule has 2 amide bonds. The van der Waals surface area contributed by atoms with Crippen molar-refractivity contribution in [1.82, 2.24) is 15.3 Å². The summed E-state index contributed by atoms with van der Waals surface area (Å²) in [6, 6.07) is 3.40. The van der Waals surface area contributed by atoms with Crippen molar-refractivity contribution >= 4 is 22.7 Å². The highest BCUT2D eigenvalue weighted by atomic mass is 16.2. The van der Waals surface area contributed by atoms with Crippen LogP contribution in [0.3, 0.4) is 0 Å². The van der Waals surface area contributed by atoms with Gasteiger partial charge in [-0.3, -0.25) is 19.6 Å². The topological polar surface area (TPSA) is 98.0 Å². The SMILES string of the molecule is NC(=O)c1cc2cnccc2nc1[C@@H]1CCNC1=O. The zero-order valence-electron chi connectivity index (χ0n) is 10.1. The quantitative estimate of drug-likeness (QED) is 0.809. The van der Waals surface area contributed by atoms with Crippen LogP contribution in [0.15, 0.2) is 24.5 Å². The molecule has 3 heterocycles. The van der Waals surface area contributed by atoms with Gasteiger partial charge in [-0.25, -0.2) is 0 Å². The maximum absolute atomic E-state index is 11.8. The van der Waals surface area contributed by atoms with Crippen molar-refractivity contribution in [2.75, 3.05) is 6.54 Å². The fourth-order valence-electron chi connectivity index (χ4n) is 2.35. The molecule has 0 saturated carbocycles. The highest BCUT2D eigenvalue weighted by Crippen LogP contribution is 2.27. The van der Waals surface area contributed by atoms with Gasteiger partial charge in [0.1, 0.15) is 0 Å². The lowest BCUT2D eigenvalue weighted by Crippen LogP contribution is -2.22. The number of carbonyl (C=O) groups is 2. The van der Waals surface area contributed by atoms with Gasteiger partial charge < -0.3 is 11.1 Å². The van der Waals surface area contributed by atoms with Gasteiger partial charge in [0.2, 0.25) is 5.91 Å². The fraction of sp³-hybridized carbons (Fsp3) is 0.231. The molecule has 1 aliphatic rings. The minimum Gasteiger partial charge on any atom is -0.366 e. The average Bonchev–Trinajstić information content (AvgIpc) is 2.83. The summed E-state index contributed by atoms with van der Waals surface area (Å²) in [4.78, 5) is 31.7. The molecule has 0 aliphatic carbocycles. The van der Waals surface area contributed by atoms with Crippen molar-refractivity contribution in [3.63, 3.8) is 0 Å². The van der Waals surface area contributed by atoms with Crippen LogP contribution in [0.4, 0.5) is 0 Å². The Morgan fingerprint density at radius 3 is 3.00 bits per heavy atom. The smallest absolute Gasteiger partial charge is 0.250 e. The highest BCUT2D eigenvalue weighted by molar-refractivity contribution is 5.99. The second-order valence-electron chi connectivity index (χ2n) is 4.49. The third kappa shape index (κ3) is 1.91. The van der Waals surface area contributed by atoms with E-state index in [1.54, 1.807) is 24.5 Å². The molecule has 1 fully saturated rings. The van der Waals surface area contributed by atoms with E-state index in [4.69, 9.17) is 5.73 Å². The molecule has 19 heavy (non-hydrogen) atoms. The zero-order chi connectivity index (χ0) is 13.4. The van der Waals surface area contributed by atoms with Crippen molar-refractivity contribution in [3.05, 3.63) is 35.8 Å². The van der Waals surface area contributed by atoms with Gasteiger partial charge in [0.05, 0.1) is 22.7 Å². The minimum absolute atomic E-state index is 0.108. The first-order valence-corrected chi connectivity index (χ1v) is 5.99. The molecule has 0 radical (unpaired) electrons. The summed E-state index contributed by atoms with van der Waals surface area (Å²) in [6.45, 7) is 0.595. The fourth-order valence-corrected chi connectivity index (χ4v) is 2.35. The van der Waals surface area contributed by atoms with Crippen LogP contribution in [-0.2, 0) is 4.79 Å². The summed E-state index contributed by atoms with van der Waals surface area (Å²) in [7, 11) is 0. The van der Waals surface area contributed by atoms with Crippen molar-refractivity contribution in [2.45, 2.75) is 12.3 Å². The first kappa shape index (κ1) is 11.6. The Balaban J connectivity index is 2.23. The van der Waals surface area contributed by atoms with Crippen LogP contribution in [0.25, 0.3) is 10.9 Å². The molecule has 3 N–H and O–H groups in total. The molecule has 0 spiro atoms. The molecule has 1 aliphatic heterocycles. The maximum Gasteiger partial charge on any atom is 0.250 e. The summed E-state index contributed by atoms with van der Waals surface area (Å²) in [5, 5.41) is 3.47. The van der Waals surface area contributed by atoms with Crippen molar-refractivity contribution in [2.24, 2.45) is 5.73 Å². The molecule has 2 aromatic rings. The lowest BCUT2D eigenvalue weighted by atomic mass is 9.97. The average molecular weight is 256 g/mol. The van der Waals surface area contributed by atoms with Crippen LogP contribution in [0, 0.1) is 0 Å². The second kappa shape index (κ2) is 4.31. The highest BCUT2D eigenvalue weighted by Gasteiger charge is 2.30. The van der Waals surface area contributed by atoms with Crippen molar-refractivity contribution < 1.29 is 9.59 Å². The Morgan fingerprint density at radius 1 is 1.47 bits per heavy atom. The third-order valence-electron chi connectivity index (χ3n) is 3.29. The van der Waals surface area contributed by atoms with E-state index in [1.165, 1.54) is 0 Å². The molecule has 0 unspecified atom stereocenters. The molecule has 2 aromatic heterocycles. The van der Waals surface area contributed by atoms with E-state index in [-0.39, 0.29) is 5.91 Å². The monoisotopic (exact) mass is 256 g/mol. The van der Waals surface area contributed by atoms with E-state index in [0.717, 1.165) is 5.39 Å². The molecule has 1 atom stereocenters. The Labute approximate surface area is 109 Å². The number of primary amides is 1. The number of nitrogens with zero attached hydrogens (tertiary/aromatic N) is 2. The van der Waals surface area contributed by atoms with Gasteiger partial charge in [0.25, 0.3) is 5.91 Å². The summed E-state index contributed by atoms with van der Waals surface area (Å²) >= 11 is 0. The lowest BCUT2D eigenvalue weighted by Gasteiger charge is -2.11. The zero-order valence-corrected chi connectivity index (χ0v) is 10.1. The number of nitrogens with two attached hydrogens (primary N) is 1. The number of rotatable bonds is 2. The molecule has 0 aromatic carbocycles. The van der Waals surface area contributed by atoms with Gasteiger partial charge in [-0.05, 0) is 18.6 Å². The van der Waals surface area contributed by atoms with Crippen LogP contribution in [0.5, 0.6) is 0 Å². The van der Waals surface area contributed by atoms with E-state index in [2.05, 4.69) is 15.3 Å². The standard InChI is InChI=1S/C13H12N4O2/c14-12(18)9-5-7-6-15-3-2-10(7)17-11(9)8-1-4-16-13(8)19/h2-3,5-6,8H,1,4H2,(H2,14,18)(H,16,19)/t8-/m0/s1. The maximum atomic E-state index is 11.8. The number of carbonyl (C=O) groups excluding carboxylic acids is 2. The molecule has 6 nitrogen and oxygen atoms in total. The van der Waals surface area contributed by atoms with Gasteiger partial charge in [0, 0.05) is 24.3 Å². The van der Waals surface area contributed by atoms with Crippen LogP contribution >= 0.6 is 0 Å². The summed E-state index contributed by atoms with van der Waals surface area (Å²) in [6.07, 6.45) is 3.87. The van der Waals surface area contributed by atoms with E-state index in [0.29, 0.717) is 29.7 Å². The Morgan fingerprint density at radius 2 is 2.32 bits per heavy atom. The number of hydrogen-bond acceptors (Lipinski definition) is 4. The van der Waals surface area contributed by atoms with Gasteiger partial charge >= 0.3 is 0 Å². The molecular formula is C13H12N4O2. The molecule has 1 saturated heterocycles. The van der Waals surface area contributed by atoms with Crippen molar-refractivity contribution in [3.8, 4) is 0 Å². The van der Waals surface area contributed by atoms with Crippen LogP contribution < -0.4 is 11.1 Å². The Hall–Kier alpha value is -2.50. The number of fused-ring (bicyclic) bond motifs is 1. The minimum atomic E-state index is -0.576. The molecule has 96 valence electrons. The molecule has 0 bridgehead atoms. The largest absolute Gasteiger partial charge is 0.366 e. The Kier molecular flexibility index (Phi) is 2.63. The number of nitrogens with one attached hydrogen (secondary N) is 1. The second-order valence-corrected chi connectivity index (χ2v) is 4.49. The van der Waals surface area contributed by atoms with E-state index >= 15 is 0 Å². The van der Waals surface area contributed by atoms with Crippen LogP contribution in [0.2, 0.25) is 0 Å². The van der Waals surface area contributed by atoms with E-state index in [1.807, 2.05) is 0 Å². The van der Waals surface area contributed by atoms with E-state index in [9.17, 15) is 9.59 Å². The van der Waals surface area contributed by atoms with E-state index < -0.39 is 11.8 Å². The summed E-state index contributed by atoms with van der Waals surface area (Å²) in [5.74, 6) is -1.09. The van der Waals surface area contributed by atoms with Crippen molar-refractivity contribution in [1.29, 1.82) is 0 Å². The number of pyridine rings is 2. The van der Waals surface area contributed by atoms with Crippen LogP contribution in [-0.4, -0.2) is 28.3 Å². The third-order valence-corrected chi connectivity index (χ3v) is 3.29. The molecule has 3 rings (SSSR count). The predicted octanol–water partition coefficient (Wildman–Crippen LogP) is 0.332. The van der Waals surface area contributed by atoms with Gasteiger partial charge in [0.15, 0.2) is 0 Å². The number of hydrogen-bond donors (Lipinski definition) is 2. The van der Waals surface area contributed by atoms with Gasteiger partial charge in [-0.1, -0.05) is 0 Å². The molecular weight excluding hydrogens is 244 g/mol. The summed E-state index contributed by atoms with van der Waals surface area (Å²) in [5.41, 5.74) is 6.84. The summed E-state index contributed by atoms with van der Waals surface area (Å²) < 4.78 is 0. The predicted molar refractivity (Wildman–Crippen MR) is 68.4 cm³/mol.